The first-order valence-electron chi connectivity index (χ1n) is 6.14. The largest absolute Gasteiger partial charge is 0.476 e. The standard InChI is InChI=1S/C12H17N3O3/c16-10-4-2-1-3-8(10)5-14-11-7-13-9(6-15-11)12(17)18/h6-8,10,16H,1-5H2,(H,14,15)(H,17,18)/t8-,10+/m0/s1. The summed E-state index contributed by atoms with van der Waals surface area (Å²) >= 11 is 0. The topological polar surface area (TPSA) is 95.3 Å². The van der Waals surface area contributed by atoms with Crippen molar-refractivity contribution in [2.24, 2.45) is 5.92 Å². The van der Waals surface area contributed by atoms with Crippen LogP contribution >= 0.6 is 0 Å². The fourth-order valence-electron chi connectivity index (χ4n) is 2.19. The molecule has 1 aliphatic carbocycles. The first-order valence-corrected chi connectivity index (χ1v) is 6.14. The predicted octanol–water partition coefficient (Wildman–Crippen LogP) is 1.14. The van der Waals surface area contributed by atoms with Gasteiger partial charge < -0.3 is 15.5 Å². The van der Waals surface area contributed by atoms with E-state index in [1.165, 1.54) is 12.4 Å². The van der Waals surface area contributed by atoms with Gasteiger partial charge in [-0.3, -0.25) is 0 Å². The van der Waals surface area contributed by atoms with Crippen LogP contribution in [0, 0.1) is 5.92 Å². The third-order valence-corrected chi connectivity index (χ3v) is 3.29. The molecular weight excluding hydrogens is 234 g/mol. The molecule has 1 saturated carbocycles. The van der Waals surface area contributed by atoms with Gasteiger partial charge in [-0.2, -0.15) is 0 Å². The van der Waals surface area contributed by atoms with Crippen LogP contribution in [-0.2, 0) is 0 Å². The van der Waals surface area contributed by atoms with Crippen molar-refractivity contribution in [3.05, 3.63) is 18.1 Å². The Morgan fingerprint density at radius 1 is 1.33 bits per heavy atom. The molecule has 6 nitrogen and oxygen atoms in total. The molecule has 1 heterocycles. The molecule has 1 aromatic heterocycles. The van der Waals surface area contributed by atoms with Crippen molar-refractivity contribution in [1.82, 2.24) is 9.97 Å². The van der Waals surface area contributed by atoms with E-state index >= 15 is 0 Å². The van der Waals surface area contributed by atoms with Crippen molar-refractivity contribution in [1.29, 1.82) is 0 Å². The molecule has 0 aliphatic heterocycles. The Labute approximate surface area is 105 Å². The van der Waals surface area contributed by atoms with Gasteiger partial charge in [0.1, 0.15) is 5.82 Å². The van der Waals surface area contributed by atoms with E-state index in [9.17, 15) is 9.90 Å². The molecule has 0 bridgehead atoms. The molecular formula is C12H17N3O3. The van der Waals surface area contributed by atoms with E-state index in [2.05, 4.69) is 15.3 Å². The second-order valence-corrected chi connectivity index (χ2v) is 4.58. The Morgan fingerprint density at radius 3 is 2.72 bits per heavy atom. The lowest BCUT2D eigenvalue weighted by molar-refractivity contribution is 0.0690. The highest BCUT2D eigenvalue weighted by Gasteiger charge is 2.22. The van der Waals surface area contributed by atoms with Gasteiger partial charge in [0, 0.05) is 12.5 Å². The second-order valence-electron chi connectivity index (χ2n) is 4.58. The number of nitrogens with one attached hydrogen (secondary N) is 1. The van der Waals surface area contributed by atoms with Crippen LogP contribution in [0.1, 0.15) is 36.2 Å². The summed E-state index contributed by atoms with van der Waals surface area (Å²) in [5.74, 6) is -0.311. The van der Waals surface area contributed by atoms with Gasteiger partial charge >= 0.3 is 5.97 Å². The van der Waals surface area contributed by atoms with Gasteiger partial charge in [-0.05, 0) is 12.8 Å². The van der Waals surface area contributed by atoms with Crippen molar-refractivity contribution in [3.8, 4) is 0 Å². The van der Waals surface area contributed by atoms with Crippen molar-refractivity contribution in [2.75, 3.05) is 11.9 Å². The number of nitrogens with zero attached hydrogens (tertiary/aromatic N) is 2. The smallest absolute Gasteiger partial charge is 0.356 e. The number of aliphatic hydroxyl groups excluding tert-OH is 1. The molecule has 98 valence electrons. The molecule has 6 heteroatoms. The fraction of sp³-hybridized carbons (Fsp3) is 0.583. The highest BCUT2D eigenvalue weighted by atomic mass is 16.4. The van der Waals surface area contributed by atoms with Crippen LogP contribution < -0.4 is 5.32 Å². The Hall–Kier alpha value is -1.69. The lowest BCUT2D eigenvalue weighted by Crippen LogP contribution is -2.30. The molecule has 0 saturated heterocycles. The average molecular weight is 251 g/mol. The zero-order valence-corrected chi connectivity index (χ0v) is 10.0. The van der Waals surface area contributed by atoms with Gasteiger partial charge in [0.25, 0.3) is 0 Å². The number of hydrogen-bond acceptors (Lipinski definition) is 5. The molecule has 1 aromatic rings. The number of carbonyl (C=O) groups is 1. The summed E-state index contributed by atoms with van der Waals surface area (Å²) in [7, 11) is 0. The van der Waals surface area contributed by atoms with Crippen LogP contribution in [0.15, 0.2) is 12.4 Å². The van der Waals surface area contributed by atoms with E-state index in [-0.39, 0.29) is 17.7 Å². The normalized spacial score (nSPS) is 23.6. The van der Waals surface area contributed by atoms with Crippen molar-refractivity contribution in [2.45, 2.75) is 31.8 Å². The van der Waals surface area contributed by atoms with E-state index in [0.717, 1.165) is 25.7 Å². The third kappa shape index (κ3) is 3.16. The zero-order chi connectivity index (χ0) is 13.0. The highest BCUT2D eigenvalue weighted by Crippen LogP contribution is 2.24. The number of rotatable bonds is 4. The highest BCUT2D eigenvalue weighted by molar-refractivity contribution is 5.84. The first-order chi connectivity index (χ1) is 8.66. The SMILES string of the molecule is O=C(O)c1cnc(NC[C@@H]2CCCC[C@H]2O)cn1. The lowest BCUT2D eigenvalue weighted by Gasteiger charge is -2.27. The van der Waals surface area contributed by atoms with E-state index in [1.807, 2.05) is 0 Å². The minimum Gasteiger partial charge on any atom is -0.476 e. The van der Waals surface area contributed by atoms with Crippen molar-refractivity contribution >= 4 is 11.8 Å². The average Bonchev–Trinajstić information content (AvgIpc) is 2.38. The Balaban J connectivity index is 1.87. The molecule has 1 fully saturated rings. The van der Waals surface area contributed by atoms with Crippen LogP contribution in [0.4, 0.5) is 5.82 Å². The number of hydrogen-bond donors (Lipinski definition) is 3. The first kappa shape index (κ1) is 12.8. The summed E-state index contributed by atoms with van der Waals surface area (Å²) in [6.45, 7) is 0.641. The maximum absolute atomic E-state index is 10.6. The molecule has 2 rings (SSSR count). The summed E-state index contributed by atoms with van der Waals surface area (Å²) in [6.07, 6.45) is 6.47. The molecule has 3 N–H and O–H groups in total. The van der Waals surface area contributed by atoms with E-state index in [4.69, 9.17) is 5.11 Å². The molecule has 0 radical (unpaired) electrons. The summed E-state index contributed by atoms with van der Waals surface area (Å²) in [5, 5.41) is 21.6. The fourth-order valence-corrected chi connectivity index (χ4v) is 2.19. The minimum absolute atomic E-state index is 0.0711. The van der Waals surface area contributed by atoms with Crippen LogP contribution in [0.5, 0.6) is 0 Å². The number of aliphatic hydroxyl groups is 1. The molecule has 0 amide bonds. The molecule has 0 aromatic carbocycles. The summed E-state index contributed by atoms with van der Waals surface area (Å²) in [5.41, 5.74) is -0.0711. The Morgan fingerprint density at radius 2 is 2.11 bits per heavy atom. The van der Waals surface area contributed by atoms with Gasteiger partial charge in [-0.15, -0.1) is 0 Å². The van der Waals surface area contributed by atoms with Crippen LogP contribution in [0.3, 0.4) is 0 Å². The van der Waals surface area contributed by atoms with Gasteiger partial charge in [0.05, 0.1) is 18.5 Å². The Kier molecular flexibility index (Phi) is 4.09. The number of aromatic nitrogens is 2. The maximum atomic E-state index is 10.6. The van der Waals surface area contributed by atoms with E-state index in [1.54, 1.807) is 0 Å². The third-order valence-electron chi connectivity index (χ3n) is 3.29. The number of anilines is 1. The summed E-state index contributed by atoms with van der Waals surface area (Å²) < 4.78 is 0. The summed E-state index contributed by atoms with van der Waals surface area (Å²) in [4.78, 5) is 18.4. The van der Waals surface area contributed by atoms with Crippen molar-refractivity contribution < 1.29 is 15.0 Å². The quantitative estimate of drug-likeness (QED) is 0.742. The lowest BCUT2D eigenvalue weighted by atomic mass is 9.86. The van der Waals surface area contributed by atoms with Crippen LogP contribution in [-0.4, -0.2) is 38.8 Å². The number of carboxylic acid groups (broad SMARTS) is 1. The molecule has 0 unspecified atom stereocenters. The van der Waals surface area contributed by atoms with Crippen LogP contribution in [0.2, 0.25) is 0 Å². The number of aromatic carboxylic acids is 1. The maximum Gasteiger partial charge on any atom is 0.356 e. The summed E-state index contributed by atoms with van der Waals surface area (Å²) in [6, 6.07) is 0. The molecule has 1 aliphatic rings. The van der Waals surface area contributed by atoms with E-state index < -0.39 is 5.97 Å². The van der Waals surface area contributed by atoms with E-state index in [0.29, 0.717) is 12.4 Å². The van der Waals surface area contributed by atoms with Crippen molar-refractivity contribution in [3.63, 3.8) is 0 Å². The van der Waals surface area contributed by atoms with Gasteiger partial charge in [0.15, 0.2) is 5.69 Å². The van der Waals surface area contributed by atoms with Gasteiger partial charge in [0.2, 0.25) is 0 Å². The molecule has 2 atom stereocenters. The number of carboxylic acids is 1. The predicted molar refractivity (Wildman–Crippen MR) is 65.4 cm³/mol. The van der Waals surface area contributed by atoms with Gasteiger partial charge in [-0.25, -0.2) is 14.8 Å². The van der Waals surface area contributed by atoms with Crippen LogP contribution in [0.25, 0.3) is 0 Å². The van der Waals surface area contributed by atoms with Gasteiger partial charge in [-0.1, -0.05) is 12.8 Å². The Bertz CT molecular complexity index is 408. The second kappa shape index (κ2) is 5.77. The zero-order valence-electron chi connectivity index (χ0n) is 10.0. The monoisotopic (exact) mass is 251 g/mol. The minimum atomic E-state index is -1.09. The molecule has 0 spiro atoms. The molecule has 18 heavy (non-hydrogen) atoms.